The zero-order valence-corrected chi connectivity index (χ0v) is 13.4. The van der Waals surface area contributed by atoms with Gasteiger partial charge in [-0.2, -0.15) is 0 Å². The molecule has 1 atom stereocenters. The summed E-state index contributed by atoms with van der Waals surface area (Å²) in [7, 11) is 0. The van der Waals surface area contributed by atoms with Crippen molar-refractivity contribution in [3.8, 4) is 11.1 Å². The Bertz CT molecular complexity index is 626. The molecular formula is C18H21ClN2O. The fourth-order valence-electron chi connectivity index (χ4n) is 2.59. The molecule has 0 aliphatic carbocycles. The molecule has 0 radical (unpaired) electrons. The second-order valence-electron chi connectivity index (χ2n) is 5.61. The molecule has 0 bridgehead atoms. The van der Waals surface area contributed by atoms with Gasteiger partial charge in [-0.25, -0.2) is 0 Å². The lowest BCUT2D eigenvalue weighted by atomic mass is 9.88. The molecular weight excluding hydrogens is 296 g/mol. The smallest absolute Gasteiger partial charge is 0.227 e. The first-order valence-corrected chi connectivity index (χ1v) is 7.42. The van der Waals surface area contributed by atoms with Crippen LogP contribution in [0.4, 0.5) is 5.69 Å². The number of para-hydroxylation sites is 1. The van der Waals surface area contributed by atoms with Crippen molar-refractivity contribution in [1.29, 1.82) is 0 Å². The number of hydrogen-bond acceptors (Lipinski definition) is 2. The quantitative estimate of drug-likeness (QED) is 0.905. The summed E-state index contributed by atoms with van der Waals surface area (Å²) in [6, 6.07) is 18.1. The molecule has 0 spiro atoms. The van der Waals surface area contributed by atoms with E-state index in [1.165, 1.54) is 0 Å². The summed E-state index contributed by atoms with van der Waals surface area (Å²) >= 11 is 0. The molecule has 22 heavy (non-hydrogen) atoms. The molecule has 2 aromatic carbocycles. The fraction of sp³-hybridized carbons (Fsp3) is 0.278. The van der Waals surface area contributed by atoms with Crippen molar-refractivity contribution in [1.82, 2.24) is 5.32 Å². The maximum absolute atomic E-state index is 12.4. The maximum atomic E-state index is 12.4. The van der Waals surface area contributed by atoms with Crippen LogP contribution in [-0.2, 0) is 4.79 Å². The molecule has 1 aliphatic heterocycles. The summed E-state index contributed by atoms with van der Waals surface area (Å²) in [4.78, 5) is 12.4. The van der Waals surface area contributed by atoms with E-state index in [9.17, 15) is 4.79 Å². The molecule has 4 heteroatoms. The van der Waals surface area contributed by atoms with Crippen LogP contribution >= 0.6 is 12.4 Å². The predicted octanol–water partition coefficient (Wildman–Crippen LogP) is 3.57. The number of nitrogens with one attached hydrogen (secondary N) is 2. The Morgan fingerprint density at radius 2 is 1.73 bits per heavy atom. The number of amides is 1. The minimum absolute atomic E-state index is 0. The highest BCUT2D eigenvalue weighted by atomic mass is 35.5. The number of rotatable bonds is 4. The molecule has 1 fully saturated rings. The van der Waals surface area contributed by atoms with Crippen LogP contribution in [0.15, 0.2) is 54.6 Å². The SMILES string of the molecule is CC(C(=O)Nc1ccccc1-c1ccccc1)C1CNC1.Cl. The van der Waals surface area contributed by atoms with Gasteiger partial charge < -0.3 is 10.6 Å². The summed E-state index contributed by atoms with van der Waals surface area (Å²) in [5.41, 5.74) is 3.06. The van der Waals surface area contributed by atoms with Gasteiger partial charge in [-0.15, -0.1) is 12.4 Å². The Kier molecular flexibility index (Phi) is 5.58. The topological polar surface area (TPSA) is 41.1 Å². The van der Waals surface area contributed by atoms with Gasteiger partial charge in [-0.1, -0.05) is 55.5 Å². The summed E-state index contributed by atoms with van der Waals surface area (Å²) < 4.78 is 0. The molecule has 0 aromatic heterocycles. The lowest BCUT2D eigenvalue weighted by Gasteiger charge is -2.31. The second-order valence-corrected chi connectivity index (χ2v) is 5.61. The van der Waals surface area contributed by atoms with Gasteiger partial charge in [0, 0.05) is 17.2 Å². The van der Waals surface area contributed by atoms with E-state index in [0.717, 1.165) is 29.9 Å². The molecule has 3 rings (SSSR count). The number of anilines is 1. The van der Waals surface area contributed by atoms with Gasteiger partial charge in [0.1, 0.15) is 0 Å². The number of carbonyl (C=O) groups is 1. The monoisotopic (exact) mass is 316 g/mol. The van der Waals surface area contributed by atoms with Gasteiger partial charge in [0.25, 0.3) is 0 Å². The molecule has 0 saturated carbocycles. The van der Waals surface area contributed by atoms with Crippen molar-refractivity contribution in [3.63, 3.8) is 0 Å². The van der Waals surface area contributed by atoms with E-state index >= 15 is 0 Å². The number of carbonyl (C=O) groups excluding carboxylic acids is 1. The van der Waals surface area contributed by atoms with Crippen molar-refractivity contribution < 1.29 is 4.79 Å². The van der Waals surface area contributed by atoms with Gasteiger partial charge >= 0.3 is 0 Å². The molecule has 2 aromatic rings. The fourth-order valence-corrected chi connectivity index (χ4v) is 2.59. The van der Waals surface area contributed by atoms with Crippen molar-refractivity contribution in [2.24, 2.45) is 11.8 Å². The Morgan fingerprint density at radius 3 is 2.36 bits per heavy atom. The third kappa shape index (κ3) is 3.49. The van der Waals surface area contributed by atoms with E-state index in [2.05, 4.69) is 22.8 Å². The van der Waals surface area contributed by atoms with Crippen LogP contribution in [0.25, 0.3) is 11.1 Å². The van der Waals surface area contributed by atoms with Gasteiger partial charge in [0.15, 0.2) is 0 Å². The maximum Gasteiger partial charge on any atom is 0.227 e. The lowest BCUT2D eigenvalue weighted by Crippen LogP contribution is -2.48. The standard InChI is InChI=1S/C18H20N2O.ClH/c1-13(15-11-19-12-15)18(21)20-17-10-6-5-9-16(17)14-7-3-2-4-8-14;/h2-10,13,15,19H,11-12H2,1H3,(H,20,21);1H. The first-order valence-electron chi connectivity index (χ1n) is 7.42. The molecule has 2 N–H and O–H groups in total. The molecule has 1 saturated heterocycles. The minimum Gasteiger partial charge on any atom is -0.325 e. The average molecular weight is 317 g/mol. The summed E-state index contributed by atoms with van der Waals surface area (Å²) in [6.45, 7) is 3.88. The van der Waals surface area contributed by atoms with Crippen LogP contribution in [0, 0.1) is 11.8 Å². The molecule has 3 nitrogen and oxygen atoms in total. The van der Waals surface area contributed by atoms with E-state index in [1.54, 1.807) is 0 Å². The van der Waals surface area contributed by atoms with Crippen molar-refractivity contribution in [2.75, 3.05) is 18.4 Å². The molecule has 1 heterocycles. The second kappa shape index (κ2) is 7.43. The largest absolute Gasteiger partial charge is 0.325 e. The normalized spacial score (nSPS) is 15.3. The van der Waals surface area contributed by atoms with E-state index in [1.807, 2.05) is 49.4 Å². The average Bonchev–Trinajstić information content (AvgIpc) is 2.47. The first kappa shape index (κ1) is 16.5. The Hall–Kier alpha value is -1.84. The molecule has 1 unspecified atom stereocenters. The third-order valence-electron chi connectivity index (χ3n) is 4.20. The highest BCUT2D eigenvalue weighted by Gasteiger charge is 2.28. The van der Waals surface area contributed by atoms with Crippen LogP contribution in [0.2, 0.25) is 0 Å². The minimum atomic E-state index is 0. The summed E-state index contributed by atoms with van der Waals surface area (Å²) in [6.07, 6.45) is 0. The van der Waals surface area contributed by atoms with Crippen LogP contribution in [-0.4, -0.2) is 19.0 Å². The van der Waals surface area contributed by atoms with E-state index in [-0.39, 0.29) is 24.2 Å². The van der Waals surface area contributed by atoms with Crippen molar-refractivity contribution in [3.05, 3.63) is 54.6 Å². The van der Waals surface area contributed by atoms with Crippen molar-refractivity contribution in [2.45, 2.75) is 6.92 Å². The highest BCUT2D eigenvalue weighted by Crippen LogP contribution is 2.28. The first-order chi connectivity index (χ1) is 10.3. The Labute approximate surface area is 137 Å². The zero-order chi connectivity index (χ0) is 14.7. The summed E-state index contributed by atoms with van der Waals surface area (Å²) in [5, 5.41) is 6.31. The third-order valence-corrected chi connectivity index (χ3v) is 4.20. The molecule has 1 aliphatic rings. The lowest BCUT2D eigenvalue weighted by molar-refractivity contribution is -0.121. The predicted molar refractivity (Wildman–Crippen MR) is 93.3 cm³/mol. The van der Waals surface area contributed by atoms with Gasteiger partial charge in [0.05, 0.1) is 0 Å². The van der Waals surface area contributed by atoms with E-state index in [4.69, 9.17) is 0 Å². The van der Waals surface area contributed by atoms with E-state index in [0.29, 0.717) is 5.92 Å². The molecule has 1 amide bonds. The Balaban J connectivity index is 0.00000176. The van der Waals surface area contributed by atoms with Crippen molar-refractivity contribution >= 4 is 24.0 Å². The van der Waals surface area contributed by atoms with E-state index < -0.39 is 0 Å². The highest BCUT2D eigenvalue weighted by molar-refractivity contribution is 5.96. The number of halogens is 1. The van der Waals surface area contributed by atoms with Crippen LogP contribution in [0.3, 0.4) is 0 Å². The number of benzene rings is 2. The van der Waals surface area contributed by atoms with Crippen LogP contribution in [0.1, 0.15) is 6.92 Å². The molecule has 116 valence electrons. The van der Waals surface area contributed by atoms with Gasteiger partial charge in [0.2, 0.25) is 5.91 Å². The number of hydrogen-bond donors (Lipinski definition) is 2. The van der Waals surface area contributed by atoms with Gasteiger partial charge in [-0.05, 0) is 30.6 Å². The Morgan fingerprint density at radius 1 is 1.09 bits per heavy atom. The zero-order valence-electron chi connectivity index (χ0n) is 12.6. The van der Waals surface area contributed by atoms with Gasteiger partial charge in [-0.3, -0.25) is 4.79 Å². The summed E-state index contributed by atoms with van der Waals surface area (Å²) in [5.74, 6) is 0.592. The van der Waals surface area contributed by atoms with Crippen LogP contribution in [0.5, 0.6) is 0 Å². The van der Waals surface area contributed by atoms with Crippen LogP contribution < -0.4 is 10.6 Å².